The van der Waals surface area contributed by atoms with E-state index in [1.807, 2.05) is 31.2 Å². The molecule has 3 heteroatoms. The third-order valence-electron chi connectivity index (χ3n) is 1.84. The van der Waals surface area contributed by atoms with Gasteiger partial charge in [-0.3, -0.25) is 0 Å². The molecule has 0 fully saturated rings. The molecule has 0 aliphatic heterocycles. The quantitative estimate of drug-likeness (QED) is 0.544. The van der Waals surface area contributed by atoms with Crippen LogP contribution in [0.3, 0.4) is 0 Å². The first-order valence-corrected chi connectivity index (χ1v) is 4.39. The number of hydrogen-bond acceptors (Lipinski definition) is 3. The Labute approximate surface area is 83.3 Å². The van der Waals surface area contributed by atoms with Gasteiger partial charge in [-0.2, -0.15) is 0 Å². The molecule has 0 saturated carbocycles. The normalized spacial score (nSPS) is 11.5. The van der Waals surface area contributed by atoms with Crippen LogP contribution in [0.2, 0.25) is 0 Å². The van der Waals surface area contributed by atoms with Gasteiger partial charge in [0.1, 0.15) is 5.75 Å². The zero-order valence-electron chi connectivity index (χ0n) is 7.65. The van der Waals surface area contributed by atoms with Crippen LogP contribution in [0.25, 0.3) is 0 Å². The minimum atomic E-state index is 0.0726. The van der Waals surface area contributed by atoms with Crippen LogP contribution in [0.1, 0.15) is 18.5 Å². The van der Waals surface area contributed by atoms with Crippen molar-refractivity contribution in [2.24, 2.45) is 4.99 Å². The number of aliphatic imine (C=N–C) groups is 1. The van der Waals surface area contributed by atoms with Gasteiger partial charge in [0.15, 0.2) is 0 Å². The average Bonchev–Trinajstić information content (AvgIpc) is 2.18. The molecule has 1 aromatic carbocycles. The Balaban J connectivity index is 2.85. The summed E-state index contributed by atoms with van der Waals surface area (Å²) < 4.78 is 5.04. The monoisotopic (exact) mass is 193 g/mol. The first-order valence-electron chi connectivity index (χ1n) is 3.99. The molecule has 0 heterocycles. The summed E-state index contributed by atoms with van der Waals surface area (Å²) in [5.74, 6) is 0.849. The highest BCUT2D eigenvalue weighted by molar-refractivity contribution is 7.78. The number of hydrogen-bond donors (Lipinski definition) is 0. The van der Waals surface area contributed by atoms with E-state index in [1.165, 1.54) is 0 Å². The molecule has 0 radical (unpaired) electrons. The Morgan fingerprint density at radius 1 is 1.38 bits per heavy atom. The molecule has 1 aromatic rings. The van der Waals surface area contributed by atoms with Gasteiger partial charge in [-0.05, 0) is 36.8 Å². The molecule has 0 amide bonds. The second kappa shape index (κ2) is 4.75. The van der Waals surface area contributed by atoms with E-state index >= 15 is 0 Å². The fraction of sp³-hybridized carbons (Fsp3) is 0.300. The van der Waals surface area contributed by atoms with Crippen LogP contribution in [0.5, 0.6) is 5.75 Å². The van der Waals surface area contributed by atoms with Crippen molar-refractivity contribution < 1.29 is 4.74 Å². The summed E-state index contributed by atoms with van der Waals surface area (Å²) in [6, 6.07) is 7.83. The van der Waals surface area contributed by atoms with Gasteiger partial charge in [0.2, 0.25) is 0 Å². The SMILES string of the molecule is COc1ccc(C(C)N=C=S)cc1. The van der Waals surface area contributed by atoms with E-state index in [-0.39, 0.29) is 6.04 Å². The Bertz CT molecular complexity index is 314. The number of isothiocyanates is 1. The lowest BCUT2D eigenvalue weighted by atomic mass is 10.1. The van der Waals surface area contributed by atoms with Crippen LogP contribution in [-0.4, -0.2) is 12.3 Å². The molecule has 0 saturated heterocycles. The molecule has 0 bridgehead atoms. The van der Waals surface area contributed by atoms with Gasteiger partial charge in [0.05, 0.1) is 18.3 Å². The largest absolute Gasteiger partial charge is 0.497 e. The summed E-state index contributed by atoms with van der Waals surface area (Å²) in [6.07, 6.45) is 0. The summed E-state index contributed by atoms with van der Waals surface area (Å²) in [4.78, 5) is 3.97. The molecule has 0 aliphatic rings. The Morgan fingerprint density at radius 2 is 2.00 bits per heavy atom. The van der Waals surface area contributed by atoms with Crippen molar-refractivity contribution in [3.05, 3.63) is 29.8 Å². The number of rotatable bonds is 3. The Hall–Kier alpha value is -1.18. The molecule has 2 nitrogen and oxygen atoms in total. The highest BCUT2D eigenvalue weighted by Gasteiger charge is 2.01. The van der Waals surface area contributed by atoms with Crippen LogP contribution < -0.4 is 4.74 Å². The van der Waals surface area contributed by atoms with Gasteiger partial charge in [0.25, 0.3) is 0 Å². The minimum Gasteiger partial charge on any atom is -0.497 e. The fourth-order valence-electron chi connectivity index (χ4n) is 1.04. The molecule has 1 atom stereocenters. The second-order valence-electron chi connectivity index (χ2n) is 2.67. The van der Waals surface area contributed by atoms with Gasteiger partial charge in [-0.25, -0.2) is 4.99 Å². The summed E-state index contributed by atoms with van der Waals surface area (Å²) in [7, 11) is 1.65. The van der Waals surface area contributed by atoms with Gasteiger partial charge < -0.3 is 4.74 Å². The van der Waals surface area contributed by atoms with E-state index in [2.05, 4.69) is 22.4 Å². The number of thiocarbonyl (C=S) groups is 1. The van der Waals surface area contributed by atoms with E-state index < -0.39 is 0 Å². The van der Waals surface area contributed by atoms with Crippen LogP contribution >= 0.6 is 12.2 Å². The highest BCUT2D eigenvalue weighted by atomic mass is 32.1. The maximum atomic E-state index is 5.04. The second-order valence-corrected chi connectivity index (χ2v) is 2.85. The van der Waals surface area contributed by atoms with Crippen molar-refractivity contribution in [2.75, 3.05) is 7.11 Å². The number of methoxy groups -OCH3 is 1. The lowest BCUT2D eigenvalue weighted by Gasteiger charge is -2.05. The molecule has 13 heavy (non-hydrogen) atoms. The maximum absolute atomic E-state index is 5.04. The predicted molar refractivity (Wildman–Crippen MR) is 56.4 cm³/mol. The van der Waals surface area contributed by atoms with E-state index in [4.69, 9.17) is 4.74 Å². The molecule has 0 aliphatic carbocycles. The lowest BCUT2D eigenvalue weighted by molar-refractivity contribution is 0.414. The molecule has 0 spiro atoms. The molecule has 0 aromatic heterocycles. The predicted octanol–water partition coefficient (Wildman–Crippen LogP) is 2.86. The Morgan fingerprint density at radius 3 is 2.46 bits per heavy atom. The van der Waals surface area contributed by atoms with Crippen molar-refractivity contribution in [2.45, 2.75) is 13.0 Å². The van der Waals surface area contributed by atoms with Gasteiger partial charge in [-0.15, -0.1) is 0 Å². The van der Waals surface area contributed by atoms with E-state index in [1.54, 1.807) is 7.11 Å². The summed E-state index contributed by atoms with van der Waals surface area (Å²) in [5.41, 5.74) is 1.11. The smallest absolute Gasteiger partial charge is 0.118 e. The Kier molecular flexibility index (Phi) is 3.62. The number of nitrogens with zero attached hydrogens (tertiary/aromatic N) is 1. The third-order valence-corrected chi connectivity index (χ3v) is 1.95. The van der Waals surface area contributed by atoms with Crippen LogP contribution in [0, 0.1) is 0 Å². The van der Waals surface area contributed by atoms with Crippen molar-refractivity contribution in [3.8, 4) is 5.75 Å². The molecule has 1 rings (SSSR count). The number of ether oxygens (including phenoxy) is 1. The lowest BCUT2D eigenvalue weighted by Crippen LogP contribution is -1.89. The zero-order valence-corrected chi connectivity index (χ0v) is 8.47. The molecule has 68 valence electrons. The molecule has 0 N–H and O–H groups in total. The molecular formula is C10H11NOS. The standard InChI is InChI=1S/C10H11NOS/c1-8(11-7-13)9-3-5-10(12-2)6-4-9/h3-6,8H,1-2H3. The van der Waals surface area contributed by atoms with Crippen LogP contribution in [0.4, 0.5) is 0 Å². The summed E-state index contributed by atoms with van der Waals surface area (Å²) in [5, 5.41) is 2.37. The average molecular weight is 193 g/mol. The summed E-state index contributed by atoms with van der Waals surface area (Å²) in [6.45, 7) is 1.97. The molecular weight excluding hydrogens is 182 g/mol. The van der Waals surface area contributed by atoms with Gasteiger partial charge in [0, 0.05) is 0 Å². The zero-order chi connectivity index (χ0) is 9.68. The first kappa shape index (κ1) is 9.90. The minimum absolute atomic E-state index is 0.0726. The van der Waals surface area contributed by atoms with Gasteiger partial charge >= 0.3 is 0 Å². The third kappa shape index (κ3) is 2.65. The maximum Gasteiger partial charge on any atom is 0.118 e. The van der Waals surface area contributed by atoms with Crippen molar-refractivity contribution in [3.63, 3.8) is 0 Å². The van der Waals surface area contributed by atoms with Crippen molar-refractivity contribution in [1.82, 2.24) is 0 Å². The van der Waals surface area contributed by atoms with E-state index in [0.717, 1.165) is 11.3 Å². The fourth-order valence-corrected chi connectivity index (χ4v) is 1.19. The first-order chi connectivity index (χ1) is 6.27. The van der Waals surface area contributed by atoms with Crippen molar-refractivity contribution in [1.29, 1.82) is 0 Å². The molecule has 1 unspecified atom stereocenters. The van der Waals surface area contributed by atoms with E-state index in [0.29, 0.717) is 0 Å². The van der Waals surface area contributed by atoms with E-state index in [9.17, 15) is 0 Å². The van der Waals surface area contributed by atoms with Crippen LogP contribution in [0.15, 0.2) is 29.3 Å². The topological polar surface area (TPSA) is 21.6 Å². The number of benzene rings is 1. The highest BCUT2D eigenvalue weighted by Crippen LogP contribution is 2.19. The summed E-state index contributed by atoms with van der Waals surface area (Å²) >= 11 is 4.54. The van der Waals surface area contributed by atoms with Crippen molar-refractivity contribution >= 4 is 17.4 Å². The van der Waals surface area contributed by atoms with Gasteiger partial charge in [-0.1, -0.05) is 12.1 Å². The van der Waals surface area contributed by atoms with Crippen LogP contribution in [-0.2, 0) is 0 Å².